The van der Waals surface area contributed by atoms with Crippen molar-refractivity contribution in [1.29, 1.82) is 0 Å². The van der Waals surface area contributed by atoms with Crippen molar-refractivity contribution in [2.75, 3.05) is 6.61 Å². The Morgan fingerprint density at radius 1 is 1.40 bits per heavy atom. The maximum Gasteiger partial charge on any atom is 0.161 e. The van der Waals surface area contributed by atoms with E-state index in [9.17, 15) is 4.79 Å². The summed E-state index contributed by atoms with van der Waals surface area (Å²) >= 11 is 0. The topological polar surface area (TPSA) is 26.3 Å². The van der Waals surface area contributed by atoms with Crippen LogP contribution in [0.5, 0.6) is 0 Å². The minimum Gasteiger partial charge on any atom is -0.370 e. The third-order valence-electron chi connectivity index (χ3n) is 2.52. The first kappa shape index (κ1) is 6.35. The molecule has 1 aliphatic heterocycles. The van der Waals surface area contributed by atoms with E-state index in [-0.39, 0.29) is 6.10 Å². The Hall–Kier alpha value is -0.370. The molecule has 0 amide bonds. The molecule has 0 radical (unpaired) electrons. The average Bonchev–Trinajstić information content (AvgIpc) is 2.34. The molecule has 2 rings (SSSR count). The number of Topliss-reactive ketones (excluding diaryl/α,β-unsaturated/α-hetero) is 1. The van der Waals surface area contributed by atoms with Crippen LogP contribution in [0, 0.1) is 5.92 Å². The van der Waals surface area contributed by atoms with Crippen LogP contribution in [-0.2, 0) is 9.53 Å². The zero-order valence-electron chi connectivity index (χ0n) is 6.01. The van der Waals surface area contributed by atoms with Crippen molar-refractivity contribution in [1.82, 2.24) is 0 Å². The van der Waals surface area contributed by atoms with Crippen molar-refractivity contribution in [3.05, 3.63) is 0 Å². The fourth-order valence-electron chi connectivity index (χ4n) is 1.96. The Morgan fingerprint density at radius 3 is 3.10 bits per heavy atom. The Kier molecular flexibility index (Phi) is 1.49. The lowest BCUT2D eigenvalue weighted by atomic mass is 9.97. The van der Waals surface area contributed by atoms with Gasteiger partial charge in [-0.1, -0.05) is 0 Å². The maximum atomic E-state index is 11.1. The molecule has 0 aromatic heterocycles. The van der Waals surface area contributed by atoms with Gasteiger partial charge in [0.15, 0.2) is 5.78 Å². The fraction of sp³-hybridized carbons (Fsp3) is 0.875. The van der Waals surface area contributed by atoms with Crippen LogP contribution < -0.4 is 0 Å². The number of ether oxygens (including phenoxy) is 1. The lowest BCUT2D eigenvalue weighted by molar-refractivity contribution is -0.131. The number of hydrogen-bond donors (Lipinski definition) is 0. The van der Waals surface area contributed by atoms with Crippen LogP contribution in [0.1, 0.15) is 25.7 Å². The first-order valence-electron chi connectivity index (χ1n) is 4.02. The normalized spacial score (nSPS) is 39.8. The van der Waals surface area contributed by atoms with Crippen molar-refractivity contribution >= 4 is 5.78 Å². The van der Waals surface area contributed by atoms with E-state index in [2.05, 4.69) is 0 Å². The summed E-state index contributed by atoms with van der Waals surface area (Å²) in [4.78, 5) is 11.1. The summed E-state index contributed by atoms with van der Waals surface area (Å²) in [6.45, 7) is 0.799. The van der Waals surface area contributed by atoms with Gasteiger partial charge in [0.2, 0.25) is 0 Å². The van der Waals surface area contributed by atoms with Gasteiger partial charge in [-0.3, -0.25) is 4.79 Å². The van der Waals surface area contributed by atoms with E-state index in [1.54, 1.807) is 0 Å². The molecule has 10 heavy (non-hydrogen) atoms. The van der Waals surface area contributed by atoms with Crippen LogP contribution in [0.15, 0.2) is 0 Å². The summed E-state index contributed by atoms with van der Waals surface area (Å²) in [6, 6.07) is 0. The van der Waals surface area contributed by atoms with Gasteiger partial charge in [0.1, 0.15) is 6.10 Å². The molecule has 56 valence electrons. The molecule has 2 nitrogen and oxygen atoms in total. The maximum absolute atomic E-state index is 11.1. The molecule has 0 bridgehead atoms. The number of ketones is 1. The van der Waals surface area contributed by atoms with E-state index in [1.807, 2.05) is 0 Å². The van der Waals surface area contributed by atoms with Crippen LogP contribution in [0.3, 0.4) is 0 Å². The lowest BCUT2D eigenvalue weighted by Crippen LogP contribution is -2.29. The predicted octanol–water partition coefficient (Wildman–Crippen LogP) is 1.14. The van der Waals surface area contributed by atoms with Crippen molar-refractivity contribution in [2.45, 2.75) is 31.8 Å². The van der Waals surface area contributed by atoms with Gasteiger partial charge in [-0.15, -0.1) is 0 Å². The highest BCUT2D eigenvalue weighted by molar-refractivity contribution is 5.85. The fourth-order valence-corrected chi connectivity index (χ4v) is 1.96. The van der Waals surface area contributed by atoms with Crippen LogP contribution in [0.25, 0.3) is 0 Å². The second-order valence-corrected chi connectivity index (χ2v) is 3.20. The van der Waals surface area contributed by atoms with Crippen molar-refractivity contribution < 1.29 is 9.53 Å². The monoisotopic (exact) mass is 140 g/mol. The molecule has 1 aliphatic carbocycles. The average molecular weight is 140 g/mol. The zero-order valence-corrected chi connectivity index (χ0v) is 6.01. The van der Waals surface area contributed by atoms with E-state index in [0.717, 1.165) is 25.9 Å². The number of carbonyl (C=O) groups is 1. The second-order valence-electron chi connectivity index (χ2n) is 3.20. The molecule has 0 aromatic carbocycles. The van der Waals surface area contributed by atoms with Crippen molar-refractivity contribution in [3.8, 4) is 0 Å². The summed E-state index contributed by atoms with van der Waals surface area (Å²) in [7, 11) is 0. The molecule has 2 aliphatic rings. The largest absolute Gasteiger partial charge is 0.370 e. The molecule has 1 saturated carbocycles. The molecule has 0 aromatic rings. The Balaban J connectivity index is 2.08. The SMILES string of the molecule is O=C1CCC2CCCOC12. The number of fused-ring (bicyclic) bond motifs is 1. The molecule has 0 N–H and O–H groups in total. The molecule has 2 heteroatoms. The van der Waals surface area contributed by atoms with E-state index < -0.39 is 0 Å². The zero-order chi connectivity index (χ0) is 6.97. The highest BCUT2D eigenvalue weighted by Gasteiger charge is 2.36. The molecular weight excluding hydrogens is 128 g/mol. The van der Waals surface area contributed by atoms with Gasteiger partial charge in [0.05, 0.1) is 0 Å². The molecular formula is C8H12O2. The van der Waals surface area contributed by atoms with Gasteiger partial charge in [-0.2, -0.15) is 0 Å². The Morgan fingerprint density at radius 2 is 2.30 bits per heavy atom. The van der Waals surface area contributed by atoms with Crippen LogP contribution >= 0.6 is 0 Å². The first-order chi connectivity index (χ1) is 4.88. The predicted molar refractivity (Wildman–Crippen MR) is 36.7 cm³/mol. The number of hydrogen-bond acceptors (Lipinski definition) is 2. The number of rotatable bonds is 0. The van der Waals surface area contributed by atoms with E-state index in [4.69, 9.17) is 4.74 Å². The quantitative estimate of drug-likeness (QED) is 0.504. The second kappa shape index (κ2) is 2.35. The first-order valence-corrected chi connectivity index (χ1v) is 4.02. The minimum atomic E-state index is -0.00579. The minimum absolute atomic E-state index is 0.00579. The van der Waals surface area contributed by atoms with Gasteiger partial charge >= 0.3 is 0 Å². The summed E-state index contributed by atoms with van der Waals surface area (Å²) < 4.78 is 5.36. The smallest absolute Gasteiger partial charge is 0.161 e. The van der Waals surface area contributed by atoms with Crippen molar-refractivity contribution in [3.63, 3.8) is 0 Å². The molecule has 2 fully saturated rings. The van der Waals surface area contributed by atoms with Gasteiger partial charge in [-0.25, -0.2) is 0 Å². The third-order valence-corrected chi connectivity index (χ3v) is 2.52. The van der Waals surface area contributed by atoms with Crippen LogP contribution in [0.4, 0.5) is 0 Å². The molecule has 2 atom stereocenters. The van der Waals surface area contributed by atoms with Gasteiger partial charge < -0.3 is 4.74 Å². The van der Waals surface area contributed by atoms with Crippen molar-refractivity contribution in [2.24, 2.45) is 5.92 Å². The highest BCUT2D eigenvalue weighted by Crippen LogP contribution is 2.32. The highest BCUT2D eigenvalue weighted by atomic mass is 16.5. The van der Waals surface area contributed by atoms with E-state index >= 15 is 0 Å². The van der Waals surface area contributed by atoms with Gasteiger partial charge in [0, 0.05) is 13.0 Å². The molecule has 0 spiro atoms. The van der Waals surface area contributed by atoms with Gasteiger partial charge in [-0.05, 0) is 25.2 Å². The lowest BCUT2D eigenvalue weighted by Gasteiger charge is -2.23. The summed E-state index contributed by atoms with van der Waals surface area (Å²) in [5.74, 6) is 0.908. The van der Waals surface area contributed by atoms with E-state index in [1.165, 1.54) is 6.42 Å². The summed E-state index contributed by atoms with van der Waals surface area (Å²) in [6.07, 6.45) is 4.18. The van der Waals surface area contributed by atoms with Crippen LogP contribution in [0.2, 0.25) is 0 Å². The number of carbonyl (C=O) groups excluding carboxylic acids is 1. The Bertz CT molecular complexity index is 153. The molecule has 1 heterocycles. The molecule has 1 saturated heterocycles. The summed E-state index contributed by atoms with van der Waals surface area (Å²) in [5.41, 5.74) is 0. The molecule has 2 unspecified atom stereocenters. The standard InChI is InChI=1S/C8H12O2/c9-7-4-3-6-2-1-5-10-8(6)7/h6,8H,1-5H2. The third kappa shape index (κ3) is 0.870. The van der Waals surface area contributed by atoms with E-state index in [0.29, 0.717) is 11.7 Å². The summed E-state index contributed by atoms with van der Waals surface area (Å²) in [5, 5.41) is 0. The van der Waals surface area contributed by atoms with Gasteiger partial charge in [0.25, 0.3) is 0 Å². The Labute approximate surface area is 60.6 Å². The van der Waals surface area contributed by atoms with Crippen LogP contribution in [-0.4, -0.2) is 18.5 Å².